The number of fused-ring (bicyclic) bond motifs is 1. The molecule has 1 saturated heterocycles. The van der Waals surface area contributed by atoms with Crippen molar-refractivity contribution in [1.29, 1.82) is 0 Å². The van der Waals surface area contributed by atoms with Gasteiger partial charge >= 0.3 is 0 Å². The third-order valence-electron chi connectivity index (χ3n) is 6.87. The molecule has 1 atom stereocenters. The third-order valence-corrected chi connectivity index (χ3v) is 7.14. The Morgan fingerprint density at radius 1 is 1.26 bits per heavy atom. The number of anilines is 1. The van der Waals surface area contributed by atoms with Gasteiger partial charge in [0, 0.05) is 55.7 Å². The van der Waals surface area contributed by atoms with Crippen molar-refractivity contribution in [3.63, 3.8) is 0 Å². The lowest BCUT2D eigenvalue weighted by molar-refractivity contribution is -0.108. The van der Waals surface area contributed by atoms with Crippen molar-refractivity contribution in [1.82, 2.24) is 30.0 Å². The van der Waals surface area contributed by atoms with E-state index in [0.29, 0.717) is 34.8 Å². The number of nitrogens with one attached hydrogen (secondary N) is 2. The lowest BCUT2D eigenvalue weighted by Gasteiger charge is -2.23. The second-order valence-electron chi connectivity index (χ2n) is 9.49. The second-order valence-corrected chi connectivity index (χ2v) is 9.90. The molecule has 0 radical (unpaired) electrons. The summed E-state index contributed by atoms with van der Waals surface area (Å²) in [6, 6.07) is 8.28. The molecule has 0 spiro atoms. The van der Waals surface area contributed by atoms with Crippen LogP contribution in [0.4, 0.5) is 5.95 Å². The smallest absolute Gasteiger partial charge is 0.254 e. The van der Waals surface area contributed by atoms with E-state index >= 15 is 0 Å². The van der Waals surface area contributed by atoms with E-state index in [-0.39, 0.29) is 18.5 Å². The molecule has 0 bridgehead atoms. The number of halogens is 1. The topological polar surface area (TPSA) is 114 Å². The van der Waals surface area contributed by atoms with Crippen LogP contribution in [0, 0.1) is 6.92 Å². The average Bonchev–Trinajstić information content (AvgIpc) is 3.43. The Kier molecular flexibility index (Phi) is 9.09. The van der Waals surface area contributed by atoms with Crippen LogP contribution in [0.25, 0.3) is 11.3 Å². The Hall–Kier alpha value is -3.34. The summed E-state index contributed by atoms with van der Waals surface area (Å²) in [7, 11) is 3.90. The molecule has 11 heteroatoms. The van der Waals surface area contributed by atoms with Gasteiger partial charge in [0.05, 0.1) is 29.2 Å². The van der Waals surface area contributed by atoms with Crippen molar-refractivity contribution >= 4 is 29.7 Å². The van der Waals surface area contributed by atoms with E-state index in [4.69, 9.17) is 16.3 Å². The molecule has 2 aliphatic heterocycles. The quantitative estimate of drug-likeness (QED) is 0.438. The second kappa shape index (κ2) is 12.5. The van der Waals surface area contributed by atoms with Gasteiger partial charge in [0.2, 0.25) is 5.95 Å². The Balaban J connectivity index is 0.000000257. The Bertz CT molecular complexity index is 1270. The molecule has 2 N–H and O–H groups in total. The van der Waals surface area contributed by atoms with Gasteiger partial charge in [-0.05, 0) is 51.4 Å². The lowest BCUT2D eigenvalue weighted by atomic mass is 10.0. The summed E-state index contributed by atoms with van der Waals surface area (Å²) in [4.78, 5) is 33.6. The van der Waals surface area contributed by atoms with Crippen LogP contribution in [-0.2, 0) is 23.1 Å². The summed E-state index contributed by atoms with van der Waals surface area (Å²) < 4.78 is 7.26. The summed E-state index contributed by atoms with van der Waals surface area (Å²) >= 11 is 6.32. The van der Waals surface area contributed by atoms with E-state index in [1.54, 1.807) is 12.3 Å². The van der Waals surface area contributed by atoms with Gasteiger partial charge in [-0.3, -0.25) is 9.48 Å². The molecule has 1 unspecified atom stereocenters. The molecule has 10 nitrogen and oxygen atoms in total. The highest BCUT2D eigenvalue weighted by Crippen LogP contribution is 2.31. The van der Waals surface area contributed by atoms with Crippen molar-refractivity contribution in [3.05, 3.63) is 58.0 Å². The number of benzene rings is 1. The Labute approximate surface area is 227 Å². The number of amides is 1. The van der Waals surface area contributed by atoms with Crippen LogP contribution in [0.15, 0.2) is 30.5 Å². The molecule has 202 valence electrons. The van der Waals surface area contributed by atoms with Gasteiger partial charge in [0.15, 0.2) is 0 Å². The van der Waals surface area contributed by atoms with Crippen molar-refractivity contribution in [2.24, 2.45) is 7.05 Å². The van der Waals surface area contributed by atoms with Gasteiger partial charge in [-0.25, -0.2) is 9.97 Å². The van der Waals surface area contributed by atoms with Crippen LogP contribution in [0.2, 0.25) is 5.02 Å². The highest BCUT2D eigenvalue weighted by molar-refractivity contribution is 6.33. The maximum Gasteiger partial charge on any atom is 0.254 e. The summed E-state index contributed by atoms with van der Waals surface area (Å²) in [5.74, 6) is 0.361. The number of ether oxygens (including phenoxy) is 1. The largest absolute Gasteiger partial charge is 0.381 e. The number of carbonyl (C=O) groups is 2. The number of aromatic nitrogens is 4. The minimum Gasteiger partial charge on any atom is -0.381 e. The fraction of sp³-hybridized carbons (Fsp3) is 0.444. The fourth-order valence-electron chi connectivity index (χ4n) is 4.36. The molecule has 4 heterocycles. The zero-order valence-corrected chi connectivity index (χ0v) is 23.0. The minimum atomic E-state index is -0.148. The molecule has 3 aromatic rings. The van der Waals surface area contributed by atoms with Crippen LogP contribution in [-0.4, -0.2) is 69.7 Å². The van der Waals surface area contributed by atoms with Crippen molar-refractivity contribution in [3.8, 4) is 11.3 Å². The molecule has 1 aromatic carbocycles. The summed E-state index contributed by atoms with van der Waals surface area (Å²) in [5.41, 5.74) is 5.11. The van der Waals surface area contributed by atoms with Crippen LogP contribution >= 0.6 is 11.6 Å². The van der Waals surface area contributed by atoms with Gasteiger partial charge in [0.1, 0.15) is 6.29 Å². The summed E-state index contributed by atoms with van der Waals surface area (Å²) in [6.45, 7) is 6.14. The zero-order valence-electron chi connectivity index (χ0n) is 22.2. The van der Waals surface area contributed by atoms with Crippen LogP contribution in [0.1, 0.15) is 53.1 Å². The SMILES string of the molecule is CNC(C)c1cc(C)n(C)n1.O=CCN1Cc2ccc(-c3nc(NC4CCOCC4)ncc3Cl)cc2C1=O. The molecule has 1 fully saturated rings. The van der Waals surface area contributed by atoms with E-state index in [1.165, 1.54) is 10.6 Å². The molecule has 2 aromatic heterocycles. The maximum atomic E-state index is 12.5. The van der Waals surface area contributed by atoms with E-state index in [2.05, 4.69) is 45.6 Å². The van der Waals surface area contributed by atoms with Crippen molar-refractivity contribution in [2.45, 2.75) is 45.3 Å². The number of rotatable bonds is 7. The monoisotopic (exact) mass is 539 g/mol. The van der Waals surface area contributed by atoms with Crippen LogP contribution in [0.3, 0.4) is 0 Å². The summed E-state index contributed by atoms with van der Waals surface area (Å²) in [6.07, 6.45) is 4.11. The number of aryl methyl sites for hydroxylation is 2. The number of hydrogen-bond donors (Lipinski definition) is 2. The molecule has 38 heavy (non-hydrogen) atoms. The highest BCUT2D eigenvalue weighted by atomic mass is 35.5. The molecule has 2 aliphatic rings. The predicted octanol–water partition coefficient (Wildman–Crippen LogP) is 3.55. The molecule has 1 amide bonds. The number of nitrogens with zero attached hydrogens (tertiary/aromatic N) is 5. The van der Waals surface area contributed by atoms with Gasteiger partial charge < -0.3 is 25.1 Å². The molecule has 0 aliphatic carbocycles. The lowest BCUT2D eigenvalue weighted by Crippen LogP contribution is -2.28. The molecule has 0 saturated carbocycles. The van der Waals surface area contributed by atoms with Gasteiger partial charge in [0.25, 0.3) is 5.91 Å². The van der Waals surface area contributed by atoms with E-state index in [0.717, 1.165) is 49.2 Å². The summed E-state index contributed by atoms with van der Waals surface area (Å²) in [5, 5.41) is 11.2. The average molecular weight is 540 g/mol. The van der Waals surface area contributed by atoms with Crippen molar-refractivity contribution < 1.29 is 14.3 Å². The van der Waals surface area contributed by atoms with E-state index in [1.807, 2.05) is 30.9 Å². The van der Waals surface area contributed by atoms with Crippen LogP contribution < -0.4 is 10.6 Å². The van der Waals surface area contributed by atoms with Crippen molar-refractivity contribution in [2.75, 3.05) is 32.1 Å². The maximum absolute atomic E-state index is 12.5. The third kappa shape index (κ3) is 6.38. The van der Waals surface area contributed by atoms with E-state index < -0.39 is 0 Å². The van der Waals surface area contributed by atoms with Gasteiger partial charge in [-0.15, -0.1) is 0 Å². The number of hydrogen-bond acceptors (Lipinski definition) is 8. The Morgan fingerprint density at radius 2 is 2.03 bits per heavy atom. The molecular formula is C27H34ClN7O3. The normalized spacial score (nSPS) is 16.0. The predicted molar refractivity (Wildman–Crippen MR) is 146 cm³/mol. The van der Waals surface area contributed by atoms with Crippen LogP contribution in [0.5, 0.6) is 0 Å². The first-order chi connectivity index (χ1) is 18.3. The molecular weight excluding hydrogens is 506 g/mol. The standard InChI is InChI=1S/C19H19ClN4O3.C8H15N3/c20-16-10-21-19(22-14-3-7-27-8-4-14)23-17(16)12-1-2-13-11-24(5-6-25)18(26)15(13)9-12;1-6-5-8(7(2)9-3)10-11(6)4/h1-2,6,9-10,14H,3-5,7-8,11H2,(H,21,22,23);5,7,9H,1-4H3. The first-order valence-electron chi connectivity index (χ1n) is 12.7. The first-order valence-corrected chi connectivity index (χ1v) is 13.1. The van der Waals surface area contributed by atoms with Gasteiger partial charge in [-0.1, -0.05) is 23.7 Å². The van der Waals surface area contributed by atoms with Gasteiger partial charge in [-0.2, -0.15) is 5.10 Å². The highest BCUT2D eigenvalue weighted by Gasteiger charge is 2.27. The number of aldehydes is 1. The number of carbonyl (C=O) groups excluding carboxylic acids is 2. The minimum absolute atomic E-state index is 0.0935. The molecule has 5 rings (SSSR count). The zero-order chi connectivity index (χ0) is 27.2. The first kappa shape index (κ1) is 27.7. The Morgan fingerprint density at radius 3 is 2.68 bits per heavy atom. The van der Waals surface area contributed by atoms with E-state index in [9.17, 15) is 9.59 Å². The fourth-order valence-corrected chi connectivity index (χ4v) is 4.56.